The van der Waals surface area contributed by atoms with Crippen molar-refractivity contribution in [2.45, 2.75) is 33.1 Å². The first-order valence-corrected chi connectivity index (χ1v) is 7.37. The molecule has 1 fully saturated rings. The second-order valence-electron chi connectivity index (χ2n) is 5.50. The minimum Gasteiger partial charge on any atom is -0.367 e. The lowest BCUT2D eigenvalue weighted by Crippen LogP contribution is -2.30. The molecular weight excluding hydrogens is 260 g/mol. The van der Waals surface area contributed by atoms with E-state index in [4.69, 9.17) is 11.6 Å². The van der Waals surface area contributed by atoms with Crippen LogP contribution in [0.5, 0.6) is 0 Å². The Hall–Kier alpha value is -0.870. The summed E-state index contributed by atoms with van der Waals surface area (Å²) in [5, 5.41) is 3.80. The molecule has 0 atom stereocenters. The molecule has 0 spiro atoms. The van der Waals surface area contributed by atoms with Crippen molar-refractivity contribution in [2.75, 3.05) is 32.0 Å². The van der Waals surface area contributed by atoms with Crippen LogP contribution in [0.2, 0.25) is 5.15 Å². The van der Waals surface area contributed by atoms with E-state index in [0.717, 1.165) is 29.7 Å². The Morgan fingerprint density at radius 3 is 2.53 bits per heavy atom. The minimum absolute atomic E-state index is 0.478. The maximum atomic E-state index is 6.10. The normalized spacial score (nSPS) is 17.7. The van der Waals surface area contributed by atoms with Crippen molar-refractivity contribution in [1.29, 1.82) is 0 Å². The van der Waals surface area contributed by atoms with Crippen LogP contribution in [0.4, 0.5) is 5.82 Å². The molecule has 2 rings (SSSR count). The van der Waals surface area contributed by atoms with Gasteiger partial charge in [-0.05, 0) is 59.2 Å². The van der Waals surface area contributed by atoms with E-state index >= 15 is 0 Å². The van der Waals surface area contributed by atoms with Gasteiger partial charge in [-0.15, -0.1) is 0 Å². The monoisotopic (exact) mass is 282 g/mol. The Morgan fingerprint density at radius 2 is 1.84 bits per heavy atom. The zero-order valence-corrected chi connectivity index (χ0v) is 12.8. The largest absolute Gasteiger partial charge is 0.367 e. The smallest absolute Gasteiger partial charge is 0.171 e. The number of rotatable bonds is 4. The lowest BCUT2D eigenvalue weighted by Gasteiger charge is -2.28. The van der Waals surface area contributed by atoms with E-state index in [1.54, 1.807) is 0 Å². The highest BCUT2D eigenvalue weighted by Gasteiger charge is 2.16. The maximum absolute atomic E-state index is 6.10. The summed E-state index contributed by atoms with van der Waals surface area (Å²) >= 11 is 6.10. The Balaban J connectivity index is 1.81. The highest BCUT2D eigenvalue weighted by atomic mass is 35.5. The number of hydrogen-bond donors (Lipinski definition) is 1. The molecule has 4 nitrogen and oxygen atoms in total. The van der Waals surface area contributed by atoms with Gasteiger partial charge >= 0.3 is 0 Å². The fourth-order valence-electron chi connectivity index (χ4n) is 2.43. The van der Waals surface area contributed by atoms with Crippen molar-refractivity contribution in [1.82, 2.24) is 14.9 Å². The zero-order chi connectivity index (χ0) is 13.8. The topological polar surface area (TPSA) is 41.1 Å². The van der Waals surface area contributed by atoms with Crippen molar-refractivity contribution in [2.24, 2.45) is 5.92 Å². The Labute approximate surface area is 120 Å². The van der Waals surface area contributed by atoms with Gasteiger partial charge in [0.2, 0.25) is 0 Å². The van der Waals surface area contributed by atoms with Crippen molar-refractivity contribution in [3.05, 3.63) is 16.5 Å². The van der Waals surface area contributed by atoms with Crippen LogP contribution in [0.3, 0.4) is 0 Å². The lowest BCUT2D eigenvalue weighted by atomic mass is 9.94. The lowest BCUT2D eigenvalue weighted by molar-refractivity contribution is 0.215. The number of nitrogens with zero attached hydrogens (tertiary/aromatic N) is 3. The van der Waals surface area contributed by atoms with E-state index in [1.165, 1.54) is 32.4 Å². The summed E-state index contributed by atoms with van der Waals surface area (Å²) in [6, 6.07) is 0. The standard InChI is InChI=1S/C14H23ClN4/c1-10-11(2)18-14(13(15)17-10)16-7-4-12-5-8-19(3)9-6-12/h12H,4-9H2,1-3H3,(H,16,18). The molecule has 0 bridgehead atoms. The predicted octanol–water partition coefficient (Wildman–Crippen LogP) is 2.89. The molecule has 1 aromatic heterocycles. The van der Waals surface area contributed by atoms with Crippen molar-refractivity contribution in [3.63, 3.8) is 0 Å². The van der Waals surface area contributed by atoms with Crippen LogP contribution in [0.1, 0.15) is 30.7 Å². The first-order valence-electron chi connectivity index (χ1n) is 6.99. The van der Waals surface area contributed by atoms with Gasteiger partial charge in [-0.2, -0.15) is 0 Å². The molecule has 1 aliphatic heterocycles. The number of hydrogen-bond acceptors (Lipinski definition) is 4. The van der Waals surface area contributed by atoms with E-state index in [-0.39, 0.29) is 0 Å². The average Bonchev–Trinajstić information content (AvgIpc) is 2.38. The summed E-state index contributed by atoms with van der Waals surface area (Å²) in [6.07, 6.45) is 3.77. The molecule has 0 aromatic carbocycles. The number of aryl methyl sites for hydroxylation is 2. The molecule has 1 N–H and O–H groups in total. The number of halogens is 1. The molecular formula is C14H23ClN4. The summed E-state index contributed by atoms with van der Waals surface area (Å²) in [7, 11) is 2.19. The number of anilines is 1. The fraction of sp³-hybridized carbons (Fsp3) is 0.714. The zero-order valence-electron chi connectivity index (χ0n) is 12.0. The van der Waals surface area contributed by atoms with Crippen LogP contribution in [-0.2, 0) is 0 Å². The van der Waals surface area contributed by atoms with Gasteiger partial charge in [0.05, 0.1) is 11.4 Å². The molecule has 1 aliphatic rings. The number of nitrogens with one attached hydrogen (secondary N) is 1. The van der Waals surface area contributed by atoms with Crippen molar-refractivity contribution in [3.8, 4) is 0 Å². The van der Waals surface area contributed by atoms with Gasteiger partial charge in [0.15, 0.2) is 11.0 Å². The Bertz CT molecular complexity index is 428. The van der Waals surface area contributed by atoms with Gasteiger partial charge < -0.3 is 10.2 Å². The second kappa shape index (κ2) is 6.53. The van der Waals surface area contributed by atoms with E-state index < -0.39 is 0 Å². The molecule has 5 heteroatoms. The summed E-state index contributed by atoms with van der Waals surface area (Å²) in [6.45, 7) is 7.24. The molecule has 1 saturated heterocycles. The Morgan fingerprint density at radius 1 is 1.21 bits per heavy atom. The third-order valence-electron chi connectivity index (χ3n) is 3.95. The van der Waals surface area contributed by atoms with Gasteiger partial charge in [0, 0.05) is 6.54 Å². The molecule has 2 heterocycles. The van der Waals surface area contributed by atoms with Crippen molar-refractivity contribution < 1.29 is 0 Å². The first-order chi connectivity index (χ1) is 9.06. The van der Waals surface area contributed by atoms with Gasteiger partial charge in [-0.3, -0.25) is 0 Å². The predicted molar refractivity (Wildman–Crippen MR) is 79.8 cm³/mol. The van der Waals surface area contributed by atoms with Crippen LogP contribution in [0.25, 0.3) is 0 Å². The molecule has 106 valence electrons. The Kier molecular flexibility index (Phi) is 4.99. The molecule has 0 aliphatic carbocycles. The van der Waals surface area contributed by atoms with Gasteiger partial charge in [0.25, 0.3) is 0 Å². The molecule has 0 radical (unpaired) electrons. The van der Waals surface area contributed by atoms with E-state index in [9.17, 15) is 0 Å². The molecule has 0 unspecified atom stereocenters. The SMILES string of the molecule is Cc1nc(Cl)c(NCCC2CCN(C)CC2)nc1C. The molecule has 1 aromatic rings. The number of likely N-dealkylation sites (tertiary alicyclic amines) is 1. The van der Waals surface area contributed by atoms with Gasteiger partial charge in [-0.25, -0.2) is 9.97 Å². The molecule has 19 heavy (non-hydrogen) atoms. The summed E-state index contributed by atoms with van der Waals surface area (Å²) in [4.78, 5) is 11.1. The second-order valence-corrected chi connectivity index (χ2v) is 5.85. The number of aromatic nitrogens is 2. The van der Waals surface area contributed by atoms with Crippen LogP contribution in [-0.4, -0.2) is 41.5 Å². The van der Waals surface area contributed by atoms with Crippen LogP contribution >= 0.6 is 11.6 Å². The van der Waals surface area contributed by atoms with Crippen LogP contribution in [0.15, 0.2) is 0 Å². The highest BCUT2D eigenvalue weighted by Crippen LogP contribution is 2.21. The third kappa shape index (κ3) is 4.05. The van der Waals surface area contributed by atoms with E-state index in [1.807, 2.05) is 13.8 Å². The van der Waals surface area contributed by atoms with Crippen LogP contribution in [0, 0.1) is 19.8 Å². The minimum atomic E-state index is 0.478. The summed E-state index contributed by atoms with van der Waals surface area (Å²) < 4.78 is 0. The van der Waals surface area contributed by atoms with Gasteiger partial charge in [0.1, 0.15) is 0 Å². The van der Waals surface area contributed by atoms with Crippen LogP contribution < -0.4 is 5.32 Å². The molecule has 0 amide bonds. The first kappa shape index (κ1) is 14.5. The summed E-state index contributed by atoms with van der Waals surface area (Å²) in [5.74, 6) is 1.54. The van der Waals surface area contributed by atoms with Gasteiger partial charge in [-0.1, -0.05) is 11.6 Å². The molecule has 0 saturated carbocycles. The van der Waals surface area contributed by atoms with E-state index in [0.29, 0.717) is 5.15 Å². The quantitative estimate of drug-likeness (QED) is 0.922. The van der Waals surface area contributed by atoms with E-state index in [2.05, 4.69) is 27.2 Å². The maximum Gasteiger partial charge on any atom is 0.171 e. The fourth-order valence-corrected chi connectivity index (χ4v) is 2.67. The third-order valence-corrected chi connectivity index (χ3v) is 4.21. The highest BCUT2D eigenvalue weighted by molar-refractivity contribution is 6.31. The average molecular weight is 283 g/mol. The number of piperidine rings is 1. The summed E-state index contributed by atoms with van der Waals surface area (Å²) in [5.41, 5.74) is 1.83. The van der Waals surface area contributed by atoms with Crippen molar-refractivity contribution >= 4 is 17.4 Å².